The summed E-state index contributed by atoms with van der Waals surface area (Å²) in [6.45, 7) is 0. The van der Waals surface area contributed by atoms with E-state index >= 15 is 0 Å². The molecule has 5 heteroatoms. The summed E-state index contributed by atoms with van der Waals surface area (Å²) < 4.78 is 0. The Balaban J connectivity index is 2.27. The smallest absolute Gasteiger partial charge is 0.271 e. The summed E-state index contributed by atoms with van der Waals surface area (Å²) in [6, 6.07) is 12.7. The van der Waals surface area contributed by atoms with Crippen molar-refractivity contribution in [3.8, 4) is 5.75 Å². The van der Waals surface area contributed by atoms with Gasteiger partial charge in [0.15, 0.2) is 0 Å². The lowest BCUT2D eigenvalue weighted by molar-refractivity contribution is -0.384. The van der Waals surface area contributed by atoms with Crippen LogP contribution >= 0.6 is 0 Å². The van der Waals surface area contributed by atoms with Crippen molar-refractivity contribution >= 4 is 17.6 Å². The largest absolute Gasteiger partial charge is 0.507 e. The molecule has 18 heavy (non-hydrogen) atoms. The molecule has 0 aliphatic carbocycles. The van der Waals surface area contributed by atoms with E-state index in [-0.39, 0.29) is 11.4 Å². The van der Waals surface area contributed by atoms with E-state index < -0.39 is 4.92 Å². The summed E-state index contributed by atoms with van der Waals surface area (Å²) in [5, 5.41) is 20.1. The van der Waals surface area contributed by atoms with Crippen molar-refractivity contribution < 1.29 is 10.0 Å². The molecule has 90 valence electrons. The third-order valence-corrected chi connectivity index (χ3v) is 2.33. The molecule has 0 aliphatic rings. The topological polar surface area (TPSA) is 75.7 Å². The maximum absolute atomic E-state index is 10.6. The summed E-state index contributed by atoms with van der Waals surface area (Å²) in [6.07, 6.45) is 1.47. The van der Waals surface area contributed by atoms with Gasteiger partial charge in [-0.25, -0.2) is 0 Å². The number of hydrogen-bond acceptors (Lipinski definition) is 4. The molecule has 0 unspecified atom stereocenters. The van der Waals surface area contributed by atoms with E-state index in [2.05, 4.69) is 4.99 Å². The second kappa shape index (κ2) is 5.09. The van der Waals surface area contributed by atoms with Crippen molar-refractivity contribution in [3.05, 3.63) is 64.2 Å². The van der Waals surface area contributed by atoms with Gasteiger partial charge in [-0.2, -0.15) is 0 Å². The van der Waals surface area contributed by atoms with Gasteiger partial charge in [-0.05, 0) is 18.2 Å². The van der Waals surface area contributed by atoms with E-state index in [0.717, 1.165) is 0 Å². The number of nitro benzene ring substituents is 1. The van der Waals surface area contributed by atoms with E-state index in [4.69, 9.17) is 0 Å². The van der Waals surface area contributed by atoms with E-state index in [1.807, 2.05) is 0 Å². The zero-order valence-electron chi connectivity index (χ0n) is 9.35. The molecule has 2 aromatic carbocycles. The first-order valence-electron chi connectivity index (χ1n) is 5.23. The Labute approximate surface area is 103 Å². The molecular formula is C13H10N2O3. The summed E-state index contributed by atoms with van der Waals surface area (Å²) >= 11 is 0. The molecule has 0 fully saturated rings. The van der Waals surface area contributed by atoms with Crippen LogP contribution in [0.1, 0.15) is 5.56 Å². The van der Waals surface area contributed by atoms with Crippen molar-refractivity contribution in [1.29, 1.82) is 0 Å². The lowest BCUT2D eigenvalue weighted by Crippen LogP contribution is -1.86. The molecule has 0 saturated carbocycles. The Morgan fingerprint density at radius 3 is 2.67 bits per heavy atom. The third kappa shape index (κ3) is 2.70. The van der Waals surface area contributed by atoms with Crippen molar-refractivity contribution in [3.63, 3.8) is 0 Å². The highest BCUT2D eigenvalue weighted by Crippen LogP contribution is 2.20. The molecule has 0 heterocycles. The normalized spacial score (nSPS) is 10.7. The Morgan fingerprint density at radius 1 is 1.17 bits per heavy atom. The minimum atomic E-state index is -0.473. The van der Waals surface area contributed by atoms with Crippen LogP contribution in [0.15, 0.2) is 53.5 Å². The van der Waals surface area contributed by atoms with E-state index in [1.165, 1.54) is 18.3 Å². The zero-order chi connectivity index (χ0) is 13.0. The lowest BCUT2D eigenvalue weighted by Gasteiger charge is -1.97. The fourth-order valence-electron chi connectivity index (χ4n) is 1.43. The summed E-state index contributed by atoms with van der Waals surface area (Å²) in [5.41, 5.74) is 1.01. The summed E-state index contributed by atoms with van der Waals surface area (Å²) in [5.74, 6) is 0.117. The maximum Gasteiger partial charge on any atom is 0.271 e. The average Bonchev–Trinajstić information content (AvgIpc) is 2.38. The molecule has 1 N–H and O–H groups in total. The van der Waals surface area contributed by atoms with Crippen LogP contribution in [0.4, 0.5) is 11.4 Å². The number of hydrogen-bond donors (Lipinski definition) is 1. The van der Waals surface area contributed by atoms with Gasteiger partial charge in [-0.1, -0.05) is 18.2 Å². The molecule has 2 rings (SSSR count). The van der Waals surface area contributed by atoms with Crippen LogP contribution in [0.2, 0.25) is 0 Å². The number of nitro groups is 1. The molecule has 0 aliphatic heterocycles. The third-order valence-electron chi connectivity index (χ3n) is 2.33. The van der Waals surface area contributed by atoms with E-state index in [9.17, 15) is 15.2 Å². The summed E-state index contributed by atoms with van der Waals surface area (Å²) in [4.78, 5) is 14.2. The molecule has 0 bridgehead atoms. The van der Waals surface area contributed by atoms with Crippen LogP contribution in [0.5, 0.6) is 5.75 Å². The van der Waals surface area contributed by atoms with Crippen LogP contribution in [0.3, 0.4) is 0 Å². The quantitative estimate of drug-likeness (QED) is 0.510. The molecule has 0 spiro atoms. The number of phenolic OH excluding ortho intramolecular Hbond substituents is 1. The van der Waals surface area contributed by atoms with Gasteiger partial charge < -0.3 is 5.11 Å². The van der Waals surface area contributed by atoms with E-state index in [1.54, 1.807) is 36.4 Å². The first kappa shape index (κ1) is 11.8. The number of para-hydroxylation sites is 1. The van der Waals surface area contributed by atoms with Gasteiger partial charge in [0, 0.05) is 23.9 Å². The molecular weight excluding hydrogens is 232 g/mol. The number of non-ortho nitro benzene ring substituents is 1. The fraction of sp³-hybridized carbons (Fsp3) is 0. The van der Waals surface area contributed by atoms with Gasteiger partial charge >= 0.3 is 0 Å². The number of aromatic hydroxyl groups is 1. The average molecular weight is 242 g/mol. The predicted octanol–water partition coefficient (Wildman–Crippen LogP) is 3.05. The molecule has 0 aromatic heterocycles. The highest BCUT2D eigenvalue weighted by molar-refractivity contribution is 5.85. The second-order valence-corrected chi connectivity index (χ2v) is 3.59. The molecule has 0 saturated heterocycles. The molecule has 2 aromatic rings. The number of benzene rings is 2. The SMILES string of the molecule is O=[N+]([O-])c1cccc(N=Cc2ccccc2O)c1. The van der Waals surface area contributed by atoms with Crippen LogP contribution < -0.4 is 0 Å². The van der Waals surface area contributed by atoms with Gasteiger partial charge in [0.05, 0.1) is 10.6 Å². The standard InChI is InChI=1S/C13H10N2O3/c16-13-7-2-1-4-10(13)9-14-11-5-3-6-12(8-11)15(17)18/h1-9,16H. The highest BCUT2D eigenvalue weighted by Gasteiger charge is 2.04. The van der Waals surface area contributed by atoms with Crippen LogP contribution in [0.25, 0.3) is 0 Å². The van der Waals surface area contributed by atoms with Gasteiger partial charge in [-0.3, -0.25) is 15.1 Å². The predicted molar refractivity (Wildman–Crippen MR) is 68.5 cm³/mol. The minimum absolute atomic E-state index is 0.0121. The molecule has 0 amide bonds. The van der Waals surface area contributed by atoms with Crippen molar-refractivity contribution in [2.24, 2.45) is 4.99 Å². The van der Waals surface area contributed by atoms with E-state index in [0.29, 0.717) is 11.3 Å². The van der Waals surface area contributed by atoms with Crippen molar-refractivity contribution in [2.75, 3.05) is 0 Å². The highest BCUT2D eigenvalue weighted by atomic mass is 16.6. The Hall–Kier alpha value is -2.69. The molecule has 5 nitrogen and oxygen atoms in total. The Morgan fingerprint density at radius 2 is 1.94 bits per heavy atom. The maximum atomic E-state index is 10.6. The van der Waals surface area contributed by atoms with Gasteiger partial charge in [0.25, 0.3) is 5.69 Å². The number of aliphatic imine (C=N–C) groups is 1. The molecule has 0 radical (unpaired) electrons. The molecule has 0 atom stereocenters. The van der Waals surface area contributed by atoms with Crippen molar-refractivity contribution in [1.82, 2.24) is 0 Å². The van der Waals surface area contributed by atoms with Crippen LogP contribution in [-0.4, -0.2) is 16.2 Å². The minimum Gasteiger partial charge on any atom is -0.507 e. The van der Waals surface area contributed by atoms with Crippen molar-refractivity contribution in [2.45, 2.75) is 0 Å². The number of nitrogens with zero attached hydrogens (tertiary/aromatic N) is 2. The van der Waals surface area contributed by atoms with Gasteiger partial charge in [0.1, 0.15) is 5.75 Å². The summed E-state index contributed by atoms with van der Waals surface area (Å²) in [7, 11) is 0. The van der Waals surface area contributed by atoms with Crippen LogP contribution in [0, 0.1) is 10.1 Å². The number of phenols is 1. The van der Waals surface area contributed by atoms with Gasteiger partial charge in [-0.15, -0.1) is 0 Å². The van der Waals surface area contributed by atoms with Crippen LogP contribution in [-0.2, 0) is 0 Å². The first-order valence-corrected chi connectivity index (χ1v) is 5.23. The zero-order valence-corrected chi connectivity index (χ0v) is 9.35. The Bertz CT molecular complexity index is 609. The lowest BCUT2D eigenvalue weighted by atomic mass is 10.2. The fourth-order valence-corrected chi connectivity index (χ4v) is 1.43. The Kier molecular flexibility index (Phi) is 3.33. The number of rotatable bonds is 3. The second-order valence-electron chi connectivity index (χ2n) is 3.59. The monoisotopic (exact) mass is 242 g/mol. The van der Waals surface area contributed by atoms with Gasteiger partial charge in [0.2, 0.25) is 0 Å². The first-order chi connectivity index (χ1) is 8.66.